The van der Waals surface area contributed by atoms with Gasteiger partial charge in [-0.1, -0.05) is 41.4 Å². The third-order valence-corrected chi connectivity index (χ3v) is 7.84. The fourth-order valence-electron chi connectivity index (χ4n) is 5.08. The first-order valence-corrected chi connectivity index (χ1v) is 13.5. The minimum atomic E-state index is -0.554. The maximum absolute atomic E-state index is 13.8. The van der Waals surface area contributed by atoms with Crippen LogP contribution in [0.2, 0.25) is 10.0 Å². The van der Waals surface area contributed by atoms with E-state index in [-0.39, 0.29) is 12.5 Å². The second-order valence-corrected chi connectivity index (χ2v) is 11.7. The van der Waals surface area contributed by atoms with Gasteiger partial charge < -0.3 is 20.1 Å². The van der Waals surface area contributed by atoms with E-state index in [1.165, 1.54) is 0 Å². The van der Waals surface area contributed by atoms with E-state index in [0.29, 0.717) is 49.6 Å². The molecule has 2 N–H and O–H groups in total. The Balaban J connectivity index is 1.71. The molecule has 2 heterocycles. The Labute approximate surface area is 243 Å². The number of methoxy groups -OCH3 is 1. The summed E-state index contributed by atoms with van der Waals surface area (Å²) in [5, 5.41) is 7.53. The quantitative estimate of drug-likeness (QED) is 0.402. The van der Waals surface area contributed by atoms with Crippen LogP contribution in [0.1, 0.15) is 42.7 Å². The SMILES string of the molecule is COc1cc2c(cc1-c1ccccc1C(N)=O)C1C(CO2)C(C(=O)N(C)C(C)(C)C)=NN1c1cc(Cl)cc(Cl)c1. The lowest BCUT2D eigenvalue weighted by atomic mass is 9.85. The van der Waals surface area contributed by atoms with E-state index >= 15 is 0 Å². The molecule has 8 nitrogen and oxygen atoms in total. The van der Waals surface area contributed by atoms with E-state index < -0.39 is 23.4 Å². The Morgan fingerprint density at radius 3 is 2.38 bits per heavy atom. The predicted octanol–water partition coefficient (Wildman–Crippen LogP) is 5.95. The number of benzene rings is 3. The molecule has 2 aliphatic rings. The Bertz CT molecular complexity index is 1530. The number of nitrogens with two attached hydrogens (primary N) is 1. The molecule has 208 valence electrons. The van der Waals surface area contributed by atoms with Crippen LogP contribution < -0.4 is 20.2 Å². The lowest BCUT2D eigenvalue weighted by Gasteiger charge is -2.36. The van der Waals surface area contributed by atoms with Crippen LogP contribution in [0.5, 0.6) is 11.5 Å². The van der Waals surface area contributed by atoms with Crippen molar-refractivity contribution in [1.29, 1.82) is 0 Å². The summed E-state index contributed by atoms with van der Waals surface area (Å²) < 4.78 is 11.9. The highest BCUT2D eigenvalue weighted by molar-refractivity contribution is 6.41. The molecular weight excluding hydrogens is 551 g/mol. The molecule has 0 aliphatic carbocycles. The first-order valence-electron chi connectivity index (χ1n) is 12.8. The van der Waals surface area contributed by atoms with Crippen molar-refractivity contribution < 1.29 is 19.1 Å². The summed E-state index contributed by atoms with van der Waals surface area (Å²) in [6, 6.07) is 15.5. The maximum atomic E-state index is 13.8. The Morgan fingerprint density at radius 1 is 1.07 bits per heavy atom. The van der Waals surface area contributed by atoms with Crippen LogP contribution in [-0.2, 0) is 4.79 Å². The summed E-state index contributed by atoms with van der Waals surface area (Å²) in [6.45, 7) is 6.13. The molecular formula is C30H30Cl2N4O4. The monoisotopic (exact) mass is 580 g/mol. The summed E-state index contributed by atoms with van der Waals surface area (Å²) in [4.78, 5) is 27.7. The lowest BCUT2D eigenvalue weighted by molar-refractivity contribution is -0.127. The number of carbonyl (C=O) groups excluding carboxylic acids is 2. The molecule has 0 saturated heterocycles. The molecule has 0 bridgehead atoms. The number of hydrogen-bond acceptors (Lipinski definition) is 6. The number of rotatable bonds is 5. The Kier molecular flexibility index (Phi) is 7.18. The molecule has 0 fully saturated rings. The molecule has 0 aromatic heterocycles. The van der Waals surface area contributed by atoms with Gasteiger partial charge in [0.15, 0.2) is 0 Å². The van der Waals surface area contributed by atoms with Gasteiger partial charge in [0.2, 0.25) is 5.91 Å². The highest BCUT2D eigenvalue weighted by Gasteiger charge is 2.48. The van der Waals surface area contributed by atoms with Crippen LogP contribution in [0.3, 0.4) is 0 Å². The fourth-order valence-corrected chi connectivity index (χ4v) is 5.60. The van der Waals surface area contributed by atoms with Gasteiger partial charge >= 0.3 is 0 Å². The molecule has 2 atom stereocenters. The summed E-state index contributed by atoms with van der Waals surface area (Å²) in [6.07, 6.45) is 0. The largest absolute Gasteiger partial charge is 0.496 e. The highest BCUT2D eigenvalue weighted by Crippen LogP contribution is 2.50. The number of anilines is 1. The summed E-state index contributed by atoms with van der Waals surface area (Å²) in [5.74, 6) is -0.0364. The van der Waals surface area contributed by atoms with Gasteiger partial charge in [0.25, 0.3) is 5.91 Å². The first kappa shape index (κ1) is 27.8. The van der Waals surface area contributed by atoms with E-state index in [4.69, 9.17) is 43.5 Å². The van der Waals surface area contributed by atoms with Crippen LogP contribution in [0.25, 0.3) is 11.1 Å². The number of ether oxygens (including phenoxy) is 2. The fraction of sp³-hybridized carbons (Fsp3) is 0.300. The minimum Gasteiger partial charge on any atom is -0.496 e. The second kappa shape index (κ2) is 10.3. The van der Waals surface area contributed by atoms with Crippen molar-refractivity contribution in [3.05, 3.63) is 75.8 Å². The number of amides is 2. The smallest absolute Gasteiger partial charge is 0.270 e. The van der Waals surface area contributed by atoms with Gasteiger partial charge in [0.05, 0.1) is 31.4 Å². The Hall–Kier alpha value is -3.75. The van der Waals surface area contributed by atoms with Gasteiger partial charge in [-0.25, -0.2) is 0 Å². The van der Waals surface area contributed by atoms with Crippen molar-refractivity contribution in [2.24, 2.45) is 16.8 Å². The van der Waals surface area contributed by atoms with Crippen molar-refractivity contribution in [2.75, 3.05) is 25.8 Å². The van der Waals surface area contributed by atoms with Crippen LogP contribution in [0.4, 0.5) is 5.69 Å². The summed E-state index contributed by atoms with van der Waals surface area (Å²) in [5.41, 5.74) is 8.71. The number of hydrazone groups is 1. The number of hydrogen-bond donors (Lipinski definition) is 1. The highest BCUT2D eigenvalue weighted by atomic mass is 35.5. The van der Waals surface area contributed by atoms with Crippen LogP contribution >= 0.6 is 23.2 Å². The van der Waals surface area contributed by atoms with Gasteiger partial charge in [-0.15, -0.1) is 0 Å². The van der Waals surface area contributed by atoms with E-state index in [1.54, 1.807) is 60.5 Å². The molecule has 0 spiro atoms. The maximum Gasteiger partial charge on any atom is 0.270 e. The van der Waals surface area contributed by atoms with Crippen molar-refractivity contribution in [3.8, 4) is 22.6 Å². The molecule has 0 saturated carbocycles. The van der Waals surface area contributed by atoms with Crippen molar-refractivity contribution >= 4 is 46.4 Å². The second-order valence-electron chi connectivity index (χ2n) is 10.9. The number of nitrogens with zero attached hydrogens (tertiary/aromatic N) is 3. The number of primary amides is 1. The summed E-state index contributed by atoms with van der Waals surface area (Å²) >= 11 is 12.8. The molecule has 10 heteroatoms. The van der Waals surface area contributed by atoms with Crippen molar-refractivity contribution in [2.45, 2.75) is 32.4 Å². The van der Waals surface area contributed by atoms with E-state index in [2.05, 4.69) is 0 Å². The van der Waals surface area contributed by atoms with E-state index in [0.717, 1.165) is 5.56 Å². The molecule has 2 unspecified atom stereocenters. The minimum absolute atomic E-state index is 0.196. The first-order chi connectivity index (χ1) is 18.9. The number of fused-ring (bicyclic) bond motifs is 3. The van der Waals surface area contributed by atoms with Gasteiger partial charge in [-0.05, 0) is 56.7 Å². The zero-order valence-electron chi connectivity index (χ0n) is 22.9. The van der Waals surface area contributed by atoms with Gasteiger partial charge in [-0.3, -0.25) is 14.6 Å². The molecule has 5 rings (SSSR count). The van der Waals surface area contributed by atoms with Crippen LogP contribution in [0.15, 0.2) is 59.7 Å². The van der Waals surface area contributed by atoms with Crippen molar-refractivity contribution in [1.82, 2.24) is 4.90 Å². The average molecular weight is 582 g/mol. The van der Waals surface area contributed by atoms with E-state index in [9.17, 15) is 9.59 Å². The molecule has 3 aromatic carbocycles. The third kappa shape index (κ3) is 4.86. The van der Waals surface area contributed by atoms with Crippen LogP contribution in [-0.4, -0.2) is 48.7 Å². The standard InChI is InChI=1S/C30H30Cl2N4O4/c1-30(2,3)35(4)29(38)26-23-15-40-25-14-24(39-5)21(19-8-6-7-9-20(19)28(33)37)13-22(25)27(23)36(34-26)18-11-16(31)10-17(32)12-18/h6-14,23,27H,15H2,1-5H3,(H2,33,37). The molecule has 40 heavy (non-hydrogen) atoms. The number of halogens is 2. The average Bonchev–Trinajstić information content (AvgIpc) is 3.30. The number of carbonyl (C=O) groups is 2. The summed E-state index contributed by atoms with van der Waals surface area (Å²) in [7, 11) is 3.32. The van der Waals surface area contributed by atoms with Crippen molar-refractivity contribution in [3.63, 3.8) is 0 Å². The predicted molar refractivity (Wildman–Crippen MR) is 158 cm³/mol. The van der Waals surface area contributed by atoms with Gasteiger partial charge in [0.1, 0.15) is 17.2 Å². The Morgan fingerprint density at radius 2 is 1.75 bits per heavy atom. The zero-order valence-corrected chi connectivity index (χ0v) is 24.4. The zero-order chi connectivity index (χ0) is 28.9. The topological polar surface area (TPSA) is 97.5 Å². The van der Waals surface area contributed by atoms with Gasteiger partial charge in [-0.2, -0.15) is 5.10 Å². The molecule has 2 aliphatic heterocycles. The van der Waals surface area contributed by atoms with E-state index in [1.807, 2.05) is 39.0 Å². The van der Waals surface area contributed by atoms with Crippen LogP contribution in [0, 0.1) is 5.92 Å². The normalized spacial score (nSPS) is 17.9. The lowest BCUT2D eigenvalue weighted by Crippen LogP contribution is -2.48. The third-order valence-electron chi connectivity index (χ3n) is 7.40. The van der Waals surface area contributed by atoms with Gasteiger partial charge in [0, 0.05) is 45.4 Å². The molecule has 3 aromatic rings. The molecule has 2 amide bonds. The molecule has 0 radical (unpaired) electrons.